The molecule has 3 rings (SSSR count). The highest BCUT2D eigenvalue weighted by molar-refractivity contribution is 6.62. The molecule has 0 saturated carbocycles. The summed E-state index contributed by atoms with van der Waals surface area (Å²) in [5.74, 6) is -0.848. The molecule has 1 fully saturated rings. The van der Waals surface area contributed by atoms with Gasteiger partial charge in [0.05, 0.1) is 11.2 Å². The molecule has 0 amide bonds. The van der Waals surface area contributed by atoms with E-state index in [1.807, 2.05) is 70.2 Å². The van der Waals surface area contributed by atoms with E-state index < -0.39 is 36.5 Å². The normalized spacial score (nSPS) is 17.8. The van der Waals surface area contributed by atoms with E-state index in [2.05, 4.69) is 0 Å². The van der Waals surface area contributed by atoms with Gasteiger partial charge in [0.15, 0.2) is 0 Å². The number of ether oxygens (including phenoxy) is 2. The summed E-state index contributed by atoms with van der Waals surface area (Å²) in [6.45, 7) is 7.96. The van der Waals surface area contributed by atoms with Crippen molar-refractivity contribution in [3.05, 3.63) is 65.7 Å². The molecule has 0 aliphatic carbocycles. The van der Waals surface area contributed by atoms with Gasteiger partial charge in [-0.2, -0.15) is 0 Å². The van der Waals surface area contributed by atoms with Crippen LogP contribution in [0.4, 0.5) is 4.79 Å². The first kappa shape index (κ1) is 23.0. The van der Waals surface area contributed by atoms with Gasteiger partial charge in [0.25, 0.3) is 0 Å². The second-order valence-electron chi connectivity index (χ2n) is 8.59. The zero-order chi connectivity index (χ0) is 22.6. The van der Waals surface area contributed by atoms with Crippen molar-refractivity contribution in [1.82, 2.24) is 0 Å². The Balaban J connectivity index is 1.54. The minimum atomic E-state index is -1.07. The van der Waals surface area contributed by atoms with Crippen molar-refractivity contribution >= 4 is 24.7 Å². The minimum absolute atomic E-state index is 0.0122. The van der Waals surface area contributed by atoms with Crippen LogP contribution in [0.3, 0.4) is 0 Å². The van der Waals surface area contributed by atoms with E-state index in [-0.39, 0.29) is 13.0 Å². The van der Waals surface area contributed by atoms with Crippen LogP contribution < -0.4 is 11.2 Å². The van der Waals surface area contributed by atoms with Crippen LogP contribution in [-0.4, -0.2) is 36.5 Å². The molecule has 7 nitrogen and oxygen atoms in total. The van der Waals surface area contributed by atoms with Gasteiger partial charge in [-0.05, 0) is 50.7 Å². The van der Waals surface area contributed by atoms with Crippen molar-refractivity contribution in [1.29, 1.82) is 0 Å². The van der Waals surface area contributed by atoms with Crippen LogP contribution in [-0.2, 0) is 36.6 Å². The number of carbonyl (C=O) groups excluding carboxylic acids is 2. The number of benzene rings is 2. The SMILES string of the molecule is CC1(C)OB(c2cccc(C[C@H](N)C(=O)OC(=O)OCc3ccccc3)c2)OC1(C)C. The molecule has 1 atom stereocenters. The smallest absolute Gasteiger partial charge is 0.429 e. The molecule has 0 spiro atoms. The quantitative estimate of drug-likeness (QED) is 0.432. The van der Waals surface area contributed by atoms with Gasteiger partial charge < -0.3 is 24.5 Å². The summed E-state index contributed by atoms with van der Waals surface area (Å²) in [7, 11) is -0.513. The highest BCUT2D eigenvalue weighted by Crippen LogP contribution is 2.36. The maximum Gasteiger partial charge on any atom is 0.516 e. The van der Waals surface area contributed by atoms with Gasteiger partial charge in [0.1, 0.15) is 12.6 Å². The van der Waals surface area contributed by atoms with Gasteiger partial charge in [-0.1, -0.05) is 54.6 Å². The first-order valence-electron chi connectivity index (χ1n) is 10.2. The third kappa shape index (κ3) is 5.73. The number of nitrogens with two attached hydrogens (primary N) is 1. The number of hydrogen-bond acceptors (Lipinski definition) is 7. The Morgan fingerprint density at radius 1 is 0.968 bits per heavy atom. The first-order chi connectivity index (χ1) is 14.6. The van der Waals surface area contributed by atoms with Crippen LogP contribution in [0.1, 0.15) is 38.8 Å². The lowest BCUT2D eigenvalue weighted by Gasteiger charge is -2.32. The first-order valence-corrected chi connectivity index (χ1v) is 10.2. The predicted octanol–water partition coefficient (Wildman–Crippen LogP) is 2.74. The van der Waals surface area contributed by atoms with E-state index in [9.17, 15) is 9.59 Å². The maximum absolute atomic E-state index is 12.2. The summed E-state index contributed by atoms with van der Waals surface area (Å²) in [6, 6.07) is 15.5. The highest BCUT2D eigenvalue weighted by atomic mass is 16.7. The average molecular weight is 425 g/mol. The molecule has 31 heavy (non-hydrogen) atoms. The number of rotatable bonds is 6. The van der Waals surface area contributed by atoms with E-state index >= 15 is 0 Å². The Morgan fingerprint density at radius 2 is 1.58 bits per heavy atom. The molecule has 0 unspecified atom stereocenters. The molecule has 1 saturated heterocycles. The number of esters is 1. The summed E-state index contributed by atoms with van der Waals surface area (Å²) >= 11 is 0. The van der Waals surface area contributed by atoms with Crippen molar-refractivity contribution in [3.8, 4) is 0 Å². The zero-order valence-electron chi connectivity index (χ0n) is 18.3. The molecule has 1 aliphatic rings. The lowest BCUT2D eigenvalue weighted by Crippen LogP contribution is -2.41. The van der Waals surface area contributed by atoms with Crippen molar-refractivity contribution in [2.45, 2.75) is 58.0 Å². The summed E-state index contributed by atoms with van der Waals surface area (Å²) in [4.78, 5) is 24.0. The van der Waals surface area contributed by atoms with Crippen LogP contribution in [0, 0.1) is 0 Å². The fraction of sp³-hybridized carbons (Fsp3) is 0.391. The molecule has 0 radical (unpaired) electrons. The lowest BCUT2D eigenvalue weighted by atomic mass is 9.78. The standard InChI is InChI=1S/C23H28BNO6/c1-22(2)23(3,4)31-24(30-22)18-12-8-11-17(13-18)14-19(25)20(26)29-21(27)28-15-16-9-6-5-7-10-16/h5-13,19H,14-15,25H2,1-4H3/t19-/m0/s1. The van der Waals surface area contributed by atoms with Crippen LogP contribution in [0.5, 0.6) is 0 Å². The molecule has 0 aromatic heterocycles. The van der Waals surface area contributed by atoms with Crippen molar-refractivity contribution in [2.24, 2.45) is 5.73 Å². The molecule has 2 N–H and O–H groups in total. The molecule has 0 bridgehead atoms. The predicted molar refractivity (Wildman–Crippen MR) is 117 cm³/mol. The van der Waals surface area contributed by atoms with Gasteiger partial charge in [0.2, 0.25) is 0 Å². The van der Waals surface area contributed by atoms with Gasteiger partial charge >= 0.3 is 19.2 Å². The highest BCUT2D eigenvalue weighted by Gasteiger charge is 2.51. The Bertz CT molecular complexity index is 915. The monoisotopic (exact) mass is 425 g/mol. The van der Waals surface area contributed by atoms with Crippen LogP contribution in [0.2, 0.25) is 0 Å². The lowest BCUT2D eigenvalue weighted by molar-refractivity contribution is -0.141. The molecule has 2 aromatic carbocycles. The molecule has 2 aromatic rings. The summed E-state index contributed by atoms with van der Waals surface area (Å²) in [5.41, 5.74) is 7.47. The molecular weight excluding hydrogens is 397 g/mol. The van der Waals surface area contributed by atoms with Gasteiger partial charge in [-0.3, -0.25) is 0 Å². The largest absolute Gasteiger partial charge is 0.516 e. The average Bonchev–Trinajstić information content (AvgIpc) is 2.94. The summed E-state index contributed by atoms with van der Waals surface area (Å²) in [5, 5.41) is 0. The molecule has 8 heteroatoms. The van der Waals surface area contributed by atoms with Crippen molar-refractivity contribution in [3.63, 3.8) is 0 Å². The van der Waals surface area contributed by atoms with E-state index in [0.717, 1.165) is 16.6 Å². The molecular formula is C23H28BNO6. The summed E-state index contributed by atoms with van der Waals surface area (Å²) < 4.78 is 21.8. The maximum atomic E-state index is 12.2. The third-order valence-corrected chi connectivity index (χ3v) is 5.62. The Kier molecular flexibility index (Phi) is 6.84. The van der Waals surface area contributed by atoms with E-state index in [4.69, 9.17) is 24.5 Å². The molecule has 1 heterocycles. The third-order valence-electron chi connectivity index (χ3n) is 5.62. The topological polar surface area (TPSA) is 97.1 Å². The van der Waals surface area contributed by atoms with E-state index in [1.54, 1.807) is 12.1 Å². The Morgan fingerprint density at radius 3 is 2.23 bits per heavy atom. The van der Waals surface area contributed by atoms with Gasteiger partial charge in [-0.25, -0.2) is 9.59 Å². The minimum Gasteiger partial charge on any atom is -0.429 e. The van der Waals surface area contributed by atoms with Gasteiger partial charge in [-0.15, -0.1) is 0 Å². The molecule has 1 aliphatic heterocycles. The second-order valence-corrected chi connectivity index (χ2v) is 8.59. The Labute approximate surface area is 183 Å². The van der Waals surface area contributed by atoms with Crippen LogP contribution in [0.15, 0.2) is 54.6 Å². The van der Waals surface area contributed by atoms with Crippen LogP contribution >= 0.6 is 0 Å². The number of hydrogen-bond donors (Lipinski definition) is 1. The second kappa shape index (κ2) is 9.22. The number of carbonyl (C=O) groups is 2. The van der Waals surface area contributed by atoms with Crippen molar-refractivity contribution < 1.29 is 28.4 Å². The zero-order valence-corrected chi connectivity index (χ0v) is 18.3. The van der Waals surface area contributed by atoms with E-state index in [0.29, 0.717) is 0 Å². The van der Waals surface area contributed by atoms with E-state index in [1.165, 1.54) is 0 Å². The molecule has 164 valence electrons. The van der Waals surface area contributed by atoms with Crippen LogP contribution in [0.25, 0.3) is 0 Å². The van der Waals surface area contributed by atoms with Gasteiger partial charge in [0, 0.05) is 0 Å². The van der Waals surface area contributed by atoms with Crippen molar-refractivity contribution in [2.75, 3.05) is 0 Å². The fourth-order valence-electron chi connectivity index (χ4n) is 3.09. The summed E-state index contributed by atoms with van der Waals surface area (Å²) in [6.07, 6.45) is -0.881. The Hall–Kier alpha value is -2.68. The fourth-order valence-corrected chi connectivity index (χ4v) is 3.09.